The van der Waals surface area contributed by atoms with Gasteiger partial charge in [-0.3, -0.25) is 4.79 Å². The van der Waals surface area contributed by atoms with Gasteiger partial charge in [-0.2, -0.15) is 0 Å². The molecule has 0 bridgehead atoms. The lowest BCUT2D eigenvalue weighted by Crippen LogP contribution is -2.18. The first kappa shape index (κ1) is 16.4. The van der Waals surface area contributed by atoms with E-state index < -0.39 is 0 Å². The van der Waals surface area contributed by atoms with E-state index in [9.17, 15) is 4.79 Å². The molecule has 1 aromatic heterocycles. The van der Waals surface area contributed by atoms with Gasteiger partial charge >= 0.3 is 0 Å². The molecule has 0 aliphatic carbocycles. The van der Waals surface area contributed by atoms with E-state index in [0.29, 0.717) is 36.4 Å². The molecule has 0 spiro atoms. The minimum absolute atomic E-state index is 0.0148. The van der Waals surface area contributed by atoms with Gasteiger partial charge < -0.3 is 15.8 Å². The van der Waals surface area contributed by atoms with Gasteiger partial charge in [0.1, 0.15) is 5.69 Å². The van der Waals surface area contributed by atoms with Crippen molar-refractivity contribution in [1.29, 1.82) is 0 Å². The van der Waals surface area contributed by atoms with E-state index in [1.165, 1.54) is 7.11 Å². The number of rotatable bonds is 8. The Morgan fingerprint density at radius 1 is 1.45 bits per heavy atom. The molecule has 5 heteroatoms. The summed E-state index contributed by atoms with van der Waals surface area (Å²) in [6, 6.07) is 3.55. The quantitative estimate of drug-likeness (QED) is 0.766. The molecule has 20 heavy (non-hydrogen) atoms. The predicted molar refractivity (Wildman–Crippen MR) is 80.7 cm³/mol. The molecular formula is C15H25N3O2. The fourth-order valence-corrected chi connectivity index (χ4v) is 2.20. The summed E-state index contributed by atoms with van der Waals surface area (Å²) in [4.78, 5) is 16.0. The number of nitrogens with two attached hydrogens (primary N) is 1. The molecule has 0 radical (unpaired) electrons. The highest BCUT2D eigenvalue weighted by atomic mass is 16.5. The van der Waals surface area contributed by atoms with E-state index in [2.05, 4.69) is 24.1 Å². The molecule has 0 aliphatic heterocycles. The van der Waals surface area contributed by atoms with Crippen LogP contribution in [0.5, 0.6) is 5.88 Å². The minimum atomic E-state index is -0.0148. The van der Waals surface area contributed by atoms with E-state index >= 15 is 0 Å². The van der Waals surface area contributed by atoms with Crippen molar-refractivity contribution >= 4 is 11.6 Å². The zero-order valence-electron chi connectivity index (χ0n) is 12.6. The molecule has 112 valence electrons. The van der Waals surface area contributed by atoms with Crippen LogP contribution in [0.1, 0.15) is 33.1 Å². The number of carbonyl (C=O) groups excluding carboxylic acids is 1. The molecule has 1 heterocycles. The molecule has 1 atom stereocenters. The summed E-state index contributed by atoms with van der Waals surface area (Å²) in [6.45, 7) is 5.01. The smallest absolute Gasteiger partial charge is 0.237 e. The molecule has 1 unspecified atom stereocenters. The Balaban J connectivity index is 2.51. The number of ether oxygens (including phenoxy) is 1. The average molecular weight is 279 g/mol. The van der Waals surface area contributed by atoms with E-state index in [1.54, 1.807) is 18.3 Å². The fraction of sp³-hybridized carbons (Fsp3) is 0.600. The first-order valence-electron chi connectivity index (χ1n) is 7.07. The average Bonchev–Trinajstić information content (AvgIpc) is 2.43. The van der Waals surface area contributed by atoms with Gasteiger partial charge in [0.05, 0.1) is 7.11 Å². The van der Waals surface area contributed by atoms with Crippen molar-refractivity contribution in [1.82, 2.24) is 4.98 Å². The molecule has 5 nitrogen and oxygen atoms in total. The van der Waals surface area contributed by atoms with Crippen LogP contribution in [-0.2, 0) is 4.79 Å². The first-order chi connectivity index (χ1) is 9.58. The SMILES string of the molecule is COc1ncccc1NC(=O)CCC(CCN)C(C)C. The Morgan fingerprint density at radius 3 is 2.80 bits per heavy atom. The maximum absolute atomic E-state index is 12.0. The summed E-state index contributed by atoms with van der Waals surface area (Å²) in [7, 11) is 1.54. The van der Waals surface area contributed by atoms with Crippen molar-refractivity contribution in [3.63, 3.8) is 0 Å². The third-order valence-electron chi connectivity index (χ3n) is 3.46. The standard InChI is InChI=1S/C15H25N3O2/c1-11(2)12(8-9-16)6-7-14(19)18-13-5-4-10-17-15(13)20-3/h4-5,10-12H,6-9,16H2,1-3H3,(H,18,19). The molecular weight excluding hydrogens is 254 g/mol. The van der Waals surface area contributed by atoms with E-state index in [4.69, 9.17) is 10.5 Å². The highest BCUT2D eigenvalue weighted by Crippen LogP contribution is 2.23. The maximum Gasteiger partial charge on any atom is 0.237 e. The van der Waals surface area contributed by atoms with Crippen molar-refractivity contribution in [2.75, 3.05) is 19.0 Å². The lowest BCUT2D eigenvalue weighted by Gasteiger charge is -2.19. The summed E-state index contributed by atoms with van der Waals surface area (Å²) < 4.78 is 5.11. The van der Waals surface area contributed by atoms with Crippen LogP contribution >= 0.6 is 0 Å². The number of nitrogens with one attached hydrogen (secondary N) is 1. The third kappa shape index (κ3) is 5.17. The molecule has 0 fully saturated rings. The number of pyridine rings is 1. The van der Waals surface area contributed by atoms with E-state index in [1.807, 2.05) is 0 Å². The number of methoxy groups -OCH3 is 1. The normalized spacial score (nSPS) is 12.2. The molecule has 1 rings (SSSR count). The summed E-state index contributed by atoms with van der Waals surface area (Å²) in [6.07, 6.45) is 3.93. The number of nitrogens with zero attached hydrogens (tertiary/aromatic N) is 1. The monoisotopic (exact) mass is 279 g/mol. The Bertz CT molecular complexity index is 421. The first-order valence-corrected chi connectivity index (χ1v) is 7.07. The second-order valence-corrected chi connectivity index (χ2v) is 5.23. The van der Waals surface area contributed by atoms with Crippen LogP contribution in [0.3, 0.4) is 0 Å². The topological polar surface area (TPSA) is 77.2 Å². The second-order valence-electron chi connectivity index (χ2n) is 5.23. The van der Waals surface area contributed by atoms with Gasteiger partial charge in [-0.1, -0.05) is 13.8 Å². The lowest BCUT2D eigenvalue weighted by molar-refractivity contribution is -0.116. The van der Waals surface area contributed by atoms with Crippen LogP contribution in [0, 0.1) is 11.8 Å². The largest absolute Gasteiger partial charge is 0.480 e. The van der Waals surface area contributed by atoms with Gasteiger partial charge in [-0.05, 0) is 43.4 Å². The molecule has 0 aliphatic rings. The van der Waals surface area contributed by atoms with Gasteiger partial charge in [0.2, 0.25) is 11.8 Å². The molecule has 3 N–H and O–H groups in total. The fourth-order valence-electron chi connectivity index (χ4n) is 2.20. The zero-order chi connectivity index (χ0) is 15.0. The number of carbonyl (C=O) groups is 1. The summed E-state index contributed by atoms with van der Waals surface area (Å²) in [5.74, 6) is 1.45. The highest BCUT2D eigenvalue weighted by Gasteiger charge is 2.15. The third-order valence-corrected chi connectivity index (χ3v) is 3.46. The number of aromatic nitrogens is 1. The highest BCUT2D eigenvalue weighted by molar-refractivity contribution is 5.91. The Kier molecular flexibility index (Phi) is 7.01. The van der Waals surface area contributed by atoms with Crippen molar-refractivity contribution in [2.24, 2.45) is 17.6 Å². The van der Waals surface area contributed by atoms with Gasteiger partial charge in [0.15, 0.2) is 0 Å². The van der Waals surface area contributed by atoms with Gasteiger partial charge in [-0.15, -0.1) is 0 Å². The van der Waals surface area contributed by atoms with Crippen LogP contribution in [0.4, 0.5) is 5.69 Å². The Labute approximate surface area is 120 Å². The molecule has 0 saturated carbocycles. The van der Waals surface area contributed by atoms with Gasteiger partial charge in [0, 0.05) is 12.6 Å². The molecule has 1 aromatic rings. The number of hydrogen-bond donors (Lipinski definition) is 2. The van der Waals surface area contributed by atoms with Crippen LogP contribution in [-0.4, -0.2) is 24.5 Å². The van der Waals surface area contributed by atoms with Crippen LogP contribution in [0.15, 0.2) is 18.3 Å². The summed E-state index contributed by atoms with van der Waals surface area (Å²) in [5.41, 5.74) is 6.22. The van der Waals surface area contributed by atoms with Gasteiger partial charge in [0.25, 0.3) is 0 Å². The van der Waals surface area contributed by atoms with E-state index in [0.717, 1.165) is 12.8 Å². The van der Waals surface area contributed by atoms with E-state index in [-0.39, 0.29) is 5.91 Å². The lowest BCUT2D eigenvalue weighted by atomic mass is 9.88. The Hall–Kier alpha value is -1.62. The molecule has 1 amide bonds. The van der Waals surface area contributed by atoms with Crippen LogP contribution in [0.25, 0.3) is 0 Å². The number of hydrogen-bond acceptors (Lipinski definition) is 4. The van der Waals surface area contributed by atoms with Crippen molar-refractivity contribution < 1.29 is 9.53 Å². The van der Waals surface area contributed by atoms with Crippen molar-refractivity contribution in [3.8, 4) is 5.88 Å². The van der Waals surface area contributed by atoms with Crippen molar-refractivity contribution in [2.45, 2.75) is 33.1 Å². The van der Waals surface area contributed by atoms with Crippen LogP contribution < -0.4 is 15.8 Å². The van der Waals surface area contributed by atoms with Gasteiger partial charge in [-0.25, -0.2) is 4.98 Å². The zero-order valence-corrected chi connectivity index (χ0v) is 12.6. The summed E-state index contributed by atoms with van der Waals surface area (Å²) in [5, 5.41) is 2.84. The Morgan fingerprint density at radius 2 is 2.20 bits per heavy atom. The maximum atomic E-state index is 12.0. The summed E-state index contributed by atoms with van der Waals surface area (Å²) >= 11 is 0. The minimum Gasteiger partial charge on any atom is -0.480 e. The van der Waals surface area contributed by atoms with Crippen molar-refractivity contribution in [3.05, 3.63) is 18.3 Å². The number of anilines is 1. The number of amides is 1. The predicted octanol–water partition coefficient (Wildman–Crippen LogP) is 2.43. The van der Waals surface area contributed by atoms with Crippen LogP contribution in [0.2, 0.25) is 0 Å². The molecule has 0 aromatic carbocycles. The second kappa shape index (κ2) is 8.53. The molecule has 0 saturated heterocycles.